The van der Waals surface area contributed by atoms with E-state index >= 15 is 0 Å². The molecule has 0 saturated carbocycles. The molecule has 5 nitrogen and oxygen atoms in total. The molecule has 1 heterocycles. The molecule has 1 unspecified atom stereocenters. The Morgan fingerprint density at radius 1 is 1.35 bits per heavy atom. The Hall–Kier alpha value is -1.50. The maximum atomic E-state index is 12.2. The third kappa shape index (κ3) is 4.26. The SMILES string of the molecule is COCCNCc1ccccc1CS(=O)c1ncc[nH]1. The molecule has 2 rings (SSSR count). The van der Waals surface area contributed by atoms with Crippen molar-refractivity contribution in [3.05, 3.63) is 47.8 Å². The van der Waals surface area contributed by atoms with Crippen LogP contribution in [0.2, 0.25) is 0 Å². The van der Waals surface area contributed by atoms with Gasteiger partial charge in [-0.25, -0.2) is 4.98 Å². The summed E-state index contributed by atoms with van der Waals surface area (Å²) in [6.45, 7) is 2.22. The summed E-state index contributed by atoms with van der Waals surface area (Å²) in [6, 6.07) is 8.02. The Morgan fingerprint density at radius 2 is 2.15 bits per heavy atom. The van der Waals surface area contributed by atoms with E-state index in [9.17, 15) is 4.21 Å². The van der Waals surface area contributed by atoms with Crippen molar-refractivity contribution in [2.24, 2.45) is 0 Å². The zero-order valence-electron chi connectivity index (χ0n) is 11.5. The summed E-state index contributed by atoms with van der Waals surface area (Å²) >= 11 is 0. The molecule has 1 aromatic heterocycles. The molecule has 1 aromatic carbocycles. The fourth-order valence-electron chi connectivity index (χ4n) is 1.85. The zero-order valence-corrected chi connectivity index (χ0v) is 12.3. The van der Waals surface area contributed by atoms with Crippen LogP contribution in [0.25, 0.3) is 0 Å². The van der Waals surface area contributed by atoms with E-state index in [0.29, 0.717) is 17.5 Å². The van der Waals surface area contributed by atoms with E-state index in [4.69, 9.17) is 4.74 Å². The van der Waals surface area contributed by atoms with E-state index in [-0.39, 0.29) is 0 Å². The lowest BCUT2D eigenvalue weighted by Crippen LogP contribution is -2.19. The van der Waals surface area contributed by atoms with Gasteiger partial charge in [0.2, 0.25) is 0 Å². The summed E-state index contributed by atoms with van der Waals surface area (Å²) in [5, 5.41) is 3.82. The Kier molecular flexibility index (Phi) is 5.91. The van der Waals surface area contributed by atoms with Crippen LogP contribution >= 0.6 is 0 Å². The fraction of sp³-hybridized carbons (Fsp3) is 0.357. The minimum atomic E-state index is -1.14. The van der Waals surface area contributed by atoms with Crippen LogP contribution in [0.4, 0.5) is 0 Å². The number of H-pyrrole nitrogens is 1. The topological polar surface area (TPSA) is 67.0 Å². The van der Waals surface area contributed by atoms with Crippen LogP contribution in [0.1, 0.15) is 11.1 Å². The monoisotopic (exact) mass is 293 g/mol. The standard InChI is InChI=1S/C14H19N3O2S/c1-19-9-8-15-10-12-4-2-3-5-13(12)11-20(18)14-16-6-7-17-14/h2-7,15H,8-11H2,1H3,(H,16,17). The van der Waals surface area contributed by atoms with E-state index in [0.717, 1.165) is 24.2 Å². The van der Waals surface area contributed by atoms with Crippen LogP contribution in [-0.2, 0) is 27.8 Å². The molecule has 0 fully saturated rings. The number of benzene rings is 1. The highest BCUT2D eigenvalue weighted by molar-refractivity contribution is 7.84. The van der Waals surface area contributed by atoms with Crippen LogP contribution in [0.15, 0.2) is 41.8 Å². The Morgan fingerprint density at radius 3 is 2.85 bits per heavy atom. The fourth-order valence-corrected chi connectivity index (χ4v) is 2.93. The summed E-state index contributed by atoms with van der Waals surface area (Å²) in [7, 11) is 0.541. The number of nitrogens with one attached hydrogen (secondary N) is 2. The quantitative estimate of drug-likeness (QED) is 0.723. The van der Waals surface area contributed by atoms with Gasteiger partial charge < -0.3 is 15.0 Å². The molecule has 1 atom stereocenters. The summed E-state index contributed by atoms with van der Waals surface area (Å²) in [5.74, 6) is 0.468. The summed E-state index contributed by atoms with van der Waals surface area (Å²) in [5.41, 5.74) is 2.23. The minimum Gasteiger partial charge on any atom is -0.383 e. The van der Waals surface area contributed by atoms with Gasteiger partial charge in [0.05, 0.1) is 23.2 Å². The van der Waals surface area contributed by atoms with Crippen molar-refractivity contribution in [3.63, 3.8) is 0 Å². The largest absolute Gasteiger partial charge is 0.383 e. The molecule has 0 saturated heterocycles. The van der Waals surface area contributed by atoms with Gasteiger partial charge >= 0.3 is 0 Å². The van der Waals surface area contributed by atoms with Gasteiger partial charge in [0.1, 0.15) is 0 Å². The summed E-state index contributed by atoms with van der Waals surface area (Å²) < 4.78 is 17.2. The van der Waals surface area contributed by atoms with Gasteiger partial charge in [-0.3, -0.25) is 4.21 Å². The zero-order chi connectivity index (χ0) is 14.2. The summed E-state index contributed by atoms with van der Waals surface area (Å²) in [6.07, 6.45) is 3.30. The van der Waals surface area contributed by atoms with Crippen LogP contribution in [0.3, 0.4) is 0 Å². The number of aromatic nitrogens is 2. The molecule has 0 aliphatic carbocycles. The third-order valence-corrected chi connectivity index (χ3v) is 4.12. The van der Waals surface area contributed by atoms with Gasteiger partial charge in [-0.1, -0.05) is 24.3 Å². The lowest BCUT2D eigenvalue weighted by molar-refractivity contribution is 0.199. The van der Waals surface area contributed by atoms with Gasteiger partial charge in [-0.2, -0.15) is 0 Å². The number of hydrogen-bond donors (Lipinski definition) is 2. The molecule has 0 aliphatic heterocycles. The molecule has 108 valence electrons. The lowest BCUT2D eigenvalue weighted by atomic mass is 10.1. The maximum absolute atomic E-state index is 12.2. The van der Waals surface area contributed by atoms with Gasteiger partial charge in [-0.05, 0) is 11.1 Å². The lowest BCUT2D eigenvalue weighted by Gasteiger charge is -2.09. The van der Waals surface area contributed by atoms with Gasteiger partial charge in [0.15, 0.2) is 5.16 Å². The van der Waals surface area contributed by atoms with Crippen LogP contribution < -0.4 is 5.32 Å². The highest BCUT2D eigenvalue weighted by Gasteiger charge is 2.10. The number of imidazole rings is 1. The van der Waals surface area contributed by atoms with Crippen molar-refractivity contribution in [1.82, 2.24) is 15.3 Å². The molecule has 2 aromatic rings. The molecule has 0 spiro atoms. The normalized spacial score (nSPS) is 12.4. The number of rotatable bonds is 8. The second-order valence-corrected chi connectivity index (χ2v) is 5.69. The second-order valence-electron chi connectivity index (χ2n) is 4.32. The first-order chi connectivity index (χ1) is 9.81. The number of nitrogens with zero attached hydrogens (tertiary/aromatic N) is 1. The maximum Gasteiger partial charge on any atom is 0.196 e. The van der Waals surface area contributed by atoms with Gasteiger partial charge in [0, 0.05) is 32.6 Å². The van der Waals surface area contributed by atoms with Crippen molar-refractivity contribution in [2.75, 3.05) is 20.3 Å². The highest BCUT2D eigenvalue weighted by atomic mass is 32.2. The molecule has 0 aliphatic rings. The van der Waals surface area contributed by atoms with Crippen molar-refractivity contribution in [3.8, 4) is 0 Å². The first kappa shape index (κ1) is 14.9. The predicted octanol–water partition coefficient (Wildman–Crippen LogP) is 1.45. The minimum absolute atomic E-state index is 0.468. The molecule has 20 heavy (non-hydrogen) atoms. The molecule has 6 heteroatoms. The summed E-state index contributed by atoms with van der Waals surface area (Å²) in [4.78, 5) is 6.93. The molecule has 0 amide bonds. The molecule has 0 radical (unpaired) electrons. The van der Waals surface area contributed by atoms with E-state index in [1.165, 1.54) is 0 Å². The van der Waals surface area contributed by atoms with Crippen LogP contribution in [-0.4, -0.2) is 34.4 Å². The average Bonchev–Trinajstić information content (AvgIpc) is 2.99. The number of ether oxygens (including phenoxy) is 1. The van der Waals surface area contributed by atoms with E-state index < -0.39 is 10.8 Å². The van der Waals surface area contributed by atoms with E-state index in [2.05, 4.69) is 21.4 Å². The first-order valence-electron chi connectivity index (χ1n) is 6.45. The number of aromatic amines is 1. The van der Waals surface area contributed by atoms with Gasteiger partial charge in [0.25, 0.3) is 0 Å². The van der Waals surface area contributed by atoms with Crippen molar-refractivity contribution < 1.29 is 8.95 Å². The van der Waals surface area contributed by atoms with Crippen LogP contribution in [0.5, 0.6) is 0 Å². The first-order valence-corrected chi connectivity index (χ1v) is 7.77. The molecular weight excluding hydrogens is 274 g/mol. The number of hydrogen-bond acceptors (Lipinski definition) is 4. The average molecular weight is 293 g/mol. The third-order valence-electron chi connectivity index (χ3n) is 2.89. The van der Waals surface area contributed by atoms with Gasteiger partial charge in [-0.15, -0.1) is 0 Å². The number of methoxy groups -OCH3 is 1. The molecule has 0 bridgehead atoms. The Labute approximate surface area is 121 Å². The Balaban J connectivity index is 1.98. The van der Waals surface area contributed by atoms with Crippen LogP contribution in [0, 0.1) is 0 Å². The van der Waals surface area contributed by atoms with Crippen molar-refractivity contribution in [1.29, 1.82) is 0 Å². The van der Waals surface area contributed by atoms with E-state index in [1.807, 2.05) is 18.2 Å². The molecule has 2 N–H and O–H groups in total. The Bertz CT molecular complexity index is 543. The smallest absolute Gasteiger partial charge is 0.196 e. The van der Waals surface area contributed by atoms with Crippen molar-refractivity contribution >= 4 is 10.8 Å². The van der Waals surface area contributed by atoms with E-state index in [1.54, 1.807) is 19.5 Å². The predicted molar refractivity (Wildman–Crippen MR) is 78.7 cm³/mol. The van der Waals surface area contributed by atoms with Crippen molar-refractivity contribution in [2.45, 2.75) is 17.5 Å². The second kappa shape index (κ2) is 7.94. The highest BCUT2D eigenvalue weighted by Crippen LogP contribution is 2.13. The molecular formula is C14H19N3O2S.